The molecule has 1 aromatic rings. The van der Waals surface area contributed by atoms with Crippen molar-refractivity contribution in [2.45, 2.75) is 0 Å². The zero-order chi connectivity index (χ0) is 8.10. The molecular weight excluding hydrogens is 138 g/mol. The van der Waals surface area contributed by atoms with Crippen LogP contribution in [0.2, 0.25) is 0 Å². The van der Waals surface area contributed by atoms with Gasteiger partial charge in [-0.1, -0.05) is 19.2 Å². The quantitative estimate of drug-likeness (QED) is 0.607. The third-order valence-corrected chi connectivity index (χ3v) is 1.17. The third kappa shape index (κ3) is 1.64. The average molecular weight is 147 g/mol. The van der Waals surface area contributed by atoms with Crippen LogP contribution in [0, 0.1) is 0 Å². The molecule has 0 aliphatic carbocycles. The molecule has 0 atom stereocenters. The lowest BCUT2D eigenvalue weighted by Gasteiger charge is -1.91. The fourth-order valence-corrected chi connectivity index (χ4v) is 0.666. The highest BCUT2D eigenvalue weighted by molar-refractivity contribution is 5.41. The van der Waals surface area contributed by atoms with Gasteiger partial charge in [0.15, 0.2) is 5.82 Å². The summed E-state index contributed by atoms with van der Waals surface area (Å²) in [5.41, 5.74) is 0. The van der Waals surface area contributed by atoms with Crippen LogP contribution in [0.15, 0.2) is 31.6 Å². The van der Waals surface area contributed by atoms with Crippen LogP contribution >= 0.6 is 0 Å². The normalized spacial score (nSPS) is 10.2. The van der Waals surface area contributed by atoms with Crippen LogP contribution in [-0.2, 0) is 0 Å². The van der Waals surface area contributed by atoms with Gasteiger partial charge in [0.2, 0.25) is 0 Å². The van der Waals surface area contributed by atoms with Gasteiger partial charge in [0, 0.05) is 6.20 Å². The Morgan fingerprint density at radius 2 is 2.27 bits per heavy atom. The van der Waals surface area contributed by atoms with Crippen molar-refractivity contribution in [1.29, 1.82) is 0 Å². The highest BCUT2D eigenvalue weighted by Crippen LogP contribution is 1.96. The van der Waals surface area contributed by atoms with Gasteiger partial charge in [0.25, 0.3) is 0 Å². The van der Waals surface area contributed by atoms with Gasteiger partial charge in [-0.05, 0) is 12.2 Å². The van der Waals surface area contributed by atoms with Crippen molar-refractivity contribution >= 4 is 12.3 Å². The Morgan fingerprint density at radius 3 is 2.91 bits per heavy atom. The lowest BCUT2D eigenvalue weighted by molar-refractivity contribution is 1.08. The fraction of sp³-hybridized carbons (Fsp3) is 0. The SMILES string of the molecule is C=C/C=C\n1cnnc1C=C. The Morgan fingerprint density at radius 1 is 1.45 bits per heavy atom. The Labute approximate surface area is 65.4 Å². The van der Waals surface area contributed by atoms with Crippen molar-refractivity contribution in [3.63, 3.8) is 0 Å². The summed E-state index contributed by atoms with van der Waals surface area (Å²) in [4.78, 5) is 0. The predicted molar refractivity (Wildman–Crippen MR) is 45.6 cm³/mol. The van der Waals surface area contributed by atoms with E-state index in [1.54, 1.807) is 29.1 Å². The van der Waals surface area contributed by atoms with Crippen molar-refractivity contribution in [3.05, 3.63) is 37.5 Å². The minimum absolute atomic E-state index is 0.725. The highest BCUT2D eigenvalue weighted by atomic mass is 15.2. The molecule has 0 saturated carbocycles. The van der Waals surface area contributed by atoms with Gasteiger partial charge in [0.1, 0.15) is 6.33 Å². The number of hydrogen-bond donors (Lipinski definition) is 0. The predicted octanol–water partition coefficient (Wildman–Crippen LogP) is 1.58. The van der Waals surface area contributed by atoms with Gasteiger partial charge in [0.05, 0.1) is 0 Å². The van der Waals surface area contributed by atoms with Crippen LogP contribution in [0.25, 0.3) is 12.3 Å². The summed E-state index contributed by atoms with van der Waals surface area (Å²) in [6.45, 7) is 7.14. The summed E-state index contributed by atoms with van der Waals surface area (Å²) < 4.78 is 1.76. The molecule has 0 fully saturated rings. The molecule has 1 aromatic heterocycles. The highest BCUT2D eigenvalue weighted by Gasteiger charge is 1.92. The molecule has 3 nitrogen and oxygen atoms in total. The number of rotatable bonds is 3. The molecule has 11 heavy (non-hydrogen) atoms. The van der Waals surface area contributed by atoms with E-state index in [-0.39, 0.29) is 0 Å². The van der Waals surface area contributed by atoms with Gasteiger partial charge in [-0.3, -0.25) is 4.57 Å². The summed E-state index contributed by atoms with van der Waals surface area (Å²) >= 11 is 0. The standard InChI is InChI=1S/C8H9N3/c1-3-5-6-11-7-9-10-8(11)4-2/h3-7H,1-2H2/b6-5-. The van der Waals surface area contributed by atoms with E-state index in [0.29, 0.717) is 0 Å². The van der Waals surface area contributed by atoms with E-state index in [4.69, 9.17) is 0 Å². The first-order valence-corrected chi connectivity index (χ1v) is 3.19. The minimum Gasteiger partial charge on any atom is -0.289 e. The second kappa shape index (κ2) is 3.51. The number of nitrogens with zero attached hydrogens (tertiary/aromatic N) is 3. The molecule has 0 bridgehead atoms. The molecule has 1 rings (SSSR count). The zero-order valence-corrected chi connectivity index (χ0v) is 6.14. The van der Waals surface area contributed by atoms with E-state index in [9.17, 15) is 0 Å². The Kier molecular flexibility index (Phi) is 2.38. The second-order valence-corrected chi connectivity index (χ2v) is 1.88. The van der Waals surface area contributed by atoms with E-state index < -0.39 is 0 Å². The molecule has 0 unspecified atom stereocenters. The summed E-state index contributed by atoms with van der Waals surface area (Å²) in [6, 6.07) is 0. The third-order valence-electron chi connectivity index (χ3n) is 1.17. The average Bonchev–Trinajstić information content (AvgIpc) is 2.47. The maximum absolute atomic E-state index is 3.80. The van der Waals surface area contributed by atoms with Crippen LogP contribution in [0.5, 0.6) is 0 Å². The Balaban J connectivity index is 2.92. The van der Waals surface area contributed by atoms with E-state index in [1.165, 1.54) is 0 Å². The van der Waals surface area contributed by atoms with Crippen LogP contribution in [-0.4, -0.2) is 14.8 Å². The molecule has 1 heterocycles. The first-order valence-electron chi connectivity index (χ1n) is 3.19. The lowest BCUT2D eigenvalue weighted by atomic mass is 10.5. The smallest absolute Gasteiger partial charge is 0.159 e. The Hall–Kier alpha value is -1.64. The lowest BCUT2D eigenvalue weighted by Crippen LogP contribution is -1.86. The van der Waals surface area contributed by atoms with Crippen LogP contribution < -0.4 is 0 Å². The van der Waals surface area contributed by atoms with Crippen LogP contribution in [0.4, 0.5) is 0 Å². The van der Waals surface area contributed by atoms with Gasteiger partial charge in [-0.15, -0.1) is 10.2 Å². The molecule has 0 aliphatic heterocycles. The molecule has 0 amide bonds. The van der Waals surface area contributed by atoms with Crippen LogP contribution in [0.3, 0.4) is 0 Å². The van der Waals surface area contributed by atoms with Crippen LogP contribution in [0.1, 0.15) is 5.82 Å². The Bertz CT molecular complexity index is 283. The first-order chi connectivity index (χ1) is 5.38. The zero-order valence-electron chi connectivity index (χ0n) is 6.14. The first kappa shape index (κ1) is 7.47. The van der Waals surface area contributed by atoms with Crippen molar-refractivity contribution < 1.29 is 0 Å². The van der Waals surface area contributed by atoms with Gasteiger partial charge >= 0.3 is 0 Å². The van der Waals surface area contributed by atoms with Crippen molar-refractivity contribution in [1.82, 2.24) is 14.8 Å². The molecule has 0 spiro atoms. The minimum atomic E-state index is 0.725. The van der Waals surface area contributed by atoms with E-state index in [0.717, 1.165) is 5.82 Å². The molecule has 56 valence electrons. The summed E-state index contributed by atoms with van der Waals surface area (Å²) in [7, 11) is 0. The topological polar surface area (TPSA) is 30.7 Å². The molecule has 0 N–H and O–H groups in total. The molecular formula is C8H9N3. The van der Waals surface area contributed by atoms with Gasteiger partial charge in [-0.25, -0.2) is 0 Å². The molecule has 0 aliphatic rings. The number of aromatic nitrogens is 3. The van der Waals surface area contributed by atoms with E-state index >= 15 is 0 Å². The van der Waals surface area contributed by atoms with Crippen molar-refractivity contribution in [3.8, 4) is 0 Å². The number of allylic oxidation sites excluding steroid dienone is 2. The number of hydrogen-bond acceptors (Lipinski definition) is 2. The fourth-order valence-electron chi connectivity index (χ4n) is 0.666. The van der Waals surface area contributed by atoms with E-state index in [2.05, 4.69) is 23.4 Å². The molecule has 0 aromatic carbocycles. The van der Waals surface area contributed by atoms with Crippen molar-refractivity contribution in [2.24, 2.45) is 0 Å². The van der Waals surface area contributed by atoms with Gasteiger partial charge < -0.3 is 0 Å². The van der Waals surface area contributed by atoms with Gasteiger partial charge in [-0.2, -0.15) is 0 Å². The van der Waals surface area contributed by atoms with Crippen molar-refractivity contribution in [2.75, 3.05) is 0 Å². The monoisotopic (exact) mass is 147 g/mol. The second-order valence-electron chi connectivity index (χ2n) is 1.88. The maximum Gasteiger partial charge on any atom is 0.159 e. The summed E-state index contributed by atoms with van der Waals surface area (Å²) in [5, 5.41) is 7.50. The molecule has 0 saturated heterocycles. The maximum atomic E-state index is 3.80. The molecule has 3 heteroatoms. The van der Waals surface area contributed by atoms with E-state index in [1.807, 2.05) is 6.20 Å². The molecule has 0 radical (unpaired) electrons. The summed E-state index contributed by atoms with van der Waals surface area (Å²) in [6.07, 6.45) is 8.55. The largest absolute Gasteiger partial charge is 0.289 e. The summed E-state index contributed by atoms with van der Waals surface area (Å²) in [5.74, 6) is 0.725.